The molecule has 3 nitrogen and oxygen atoms in total. The van der Waals surface area contributed by atoms with Gasteiger partial charge >= 0.3 is 0 Å². The van der Waals surface area contributed by atoms with Gasteiger partial charge in [0.15, 0.2) is 0 Å². The summed E-state index contributed by atoms with van der Waals surface area (Å²) in [4.78, 5) is 2.34. The van der Waals surface area contributed by atoms with E-state index < -0.39 is 6.10 Å². The van der Waals surface area contributed by atoms with Crippen molar-refractivity contribution in [2.24, 2.45) is 0 Å². The molecular weight excluding hydrogens is 284 g/mol. The van der Waals surface area contributed by atoms with Crippen LogP contribution in [0.15, 0.2) is 60.8 Å². The van der Waals surface area contributed by atoms with E-state index >= 15 is 0 Å². The Morgan fingerprint density at radius 1 is 1.04 bits per heavy atom. The molecule has 3 heteroatoms. The predicted octanol–water partition coefficient (Wildman–Crippen LogP) is 3.18. The minimum Gasteiger partial charge on any atom is -0.387 e. The van der Waals surface area contributed by atoms with Crippen molar-refractivity contribution in [3.05, 3.63) is 77.5 Å². The summed E-state index contributed by atoms with van der Waals surface area (Å²) < 4.78 is 0. The molecule has 2 atom stereocenters. The van der Waals surface area contributed by atoms with E-state index in [1.807, 2.05) is 30.3 Å². The highest BCUT2D eigenvalue weighted by Crippen LogP contribution is 2.20. The lowest BCUT2D eigenvalue weighted by atomic mass is 10.0. The summed E-state index contributed by atoms with van der Waals surface area (Å²) in [6.07, 6.45) is 3.89. The molecule has 120 valence electrons. The molecule has 3 rings (SSSR count). The highest BCUT2D eigenvalue weighted by atomic mass is 16.3. The lowest BCUT2D eigenvalue weighted by Crippen LogP contribution is -2.39. The molecule has 0 aliphatic carbocycles. The van der Waals surface area contributed by atoms with E-state index in [0.29, 0.717) is 12.6 Å². The maximum Gasteiger partial charge on any atom is 0.0914 e. The van der Waals surface area contributed by atoms with Crippen LogP contribution in [0.2, 0.25) is 0 Å². The van der Waals surface area contributed by atoms with Crippen LogP contribution in [0.25, 0.3) is 6.08 Å². The van der Waals surface area contributed by atoms with Gasteiger partial charge < -0.3 is 15.3 Å². The SMILES string of the molecule is C[C@H](CNC[C@@H](O)c1ccccc1)N1C=Cc2ccccc2C1. The Labute approximate surface area is 138 Å². The second kappa shape index (κ2) is 7.44. The monoisotopic (exact) mass is 308 g/mol. The van der Waals surface area contributed by atoms with Gasteiger partial charge in [-0.2, -0.15) is 0 Å². The zero-order valence-electron chi connectivity index (χ0n) is 13.5. The number of aliphatic hydroxyl groups is 1. The highest BCUT2D eigenvalue weighted by molar-refractivity contribution is 5.55. The Bertz CT molecular complexity index is 654. The smallest absolute Gasteiger partial charge is 0.0914 e. The molecule has 1 aliphatic rings. The van der Waals surface area contributed by atoms with Gasteiger partial charge in [-0.05, 0) is 29.7 Å². The van der Waals surface area contributed by atoms with E-state index in [4.69, 9.17) is 0 Å². The summed E-state index contributed by atoms with van der Waals surface area (Å²) in [5.74, 6) is 0. The average Bonchev–Trinajstić information content (AvgIpc) is 2.61. The first-order chi connectivity index (χ1) is 11.2. The first kappa shape index (κ1) is 15.8. The van der Waals surface area contributed by atoms with E-state index in [0.717, 1.165) is 18.7 Å². The fourth-order valence-corrected chi connectivity index (χ4v) is 2.91. The maximum absolute atomic E-state index is 10.2. The minimum absolute atomic E-state index is 0.377. The normalized spacial score (nSPS) is 16.0. The molecule has 0 saturated carbocycles. The number of hydrogen-bond acceptors (Lipinski definition) is 3. The van der Waals surface area contributed by atoms with Crippen molar-refractivity contribution in [1.29, 1.82) is 0 Å². The van der Waals surface area contributed by atoms with Gasteiger partial charge in [0, 0.05) is 31.9 Å². The number of benzene rings is 2. The van der Waals surface area contributed by atoms with Crippen LogP contribution in [-0.2, 0) is 6.54 Å². The largest absolute Gasteiger partial charge is 0.387 e. The summed E-state index contributed by atoms with van der Waals surface area (Å²) in [6, 6.07) is 18.7. The molecule has 0 aromatic heterocycles. The van der Waals surface area contributed by atoms with E-state index in [9.17, 15) is 5.11 Å². The summed E-state index contributed by atoms with van der Waals surface area (Å²) in [5.41, 5.74) is 3.63. The predicted molar refractivity (Wildman–Crippen MR) is 94.8 cm³/mol. The van der Waals surface area contributed by atoms with Crippen molar-refractivity contribution in [3.63, 3.8) is 0 Å². The number of nitrogens with zero attached hydrogens (tertiary/aromatic N) is 1. The molecule has 2 N–H and O–H groups in total. The van der Waals surface area contributed by atoms with Crippen LogP contribution in [0, 0.1) is 0 Å². The molecule has 0 amide bonds. The van der Waals surface area contributed by atoms with Crippen molar-refractivity contribution in [1.82, 2.24) is 10.2 Å². The second-order valence-electron chi connectivity index (χ2n) is 6.12. The number of hydrogen-bond donors (Lipinski definition) is 2. The third-order valence-corrected chi connectivity index (χ3v) is 4.38. The zero-order valence-corrected chi connectivity index (χ0v) is 13.5. The molecule has 1 aliphatic heterocycles. The molecule has 2 aromatic carbocycles. The topological polar surface area (TPSA) is 35.5 Å². The number of aliphatic hydroxyl groups excluding tert-OH is 1. The third kappa shape index (κ3) is 4.01. The lowest BCUT2D eigenvalue weighted by molar-refractivity contribution is 0.169. The van der Waals surface area contributed by atoms with Crippen molar-refractivity contribution >= 4 is 6.08 Å². The van der Waals surface area contributed by atoms with Crippen molar-refractivity contribution in [2.45, 2.75) is 25.6 Å². The Balaban J connectivity index is 1.48. The molecule has 0 spiro atoms. The quantitative estimate of drug-likeness (QED) is 0.860. The van der Waals surface area contributed by atoms with Crippen LogP contribution in [0.3, 0.4) is 0 Å². The minimum atomic E-state index is -0.457. The lowest BCUT2D eigenvalue weighted by Gasteiger charge is -2.31. The molecule has 1 heterocycles. The van der Waals surface area contributed by atoms with Crippen molar-refractivity contribution in [2.75, 3.05) is 13.1 Å². The Morgan fingerprint density at radius 2 is 1.78 bits per heavy atom. The van der Waals surface area contributed by atoms with Crippen molar-refractivity contribution in [3.8, 4) is 0 Å². The molecule has 2 aromatic rings. The van der Waals surface area contributed by atoms with Gasteiger partial charge in [-0.15, -0.1) is 0 Å². The van der Waals surface area contributed by atoms with Gasteiger partial charge in [0.05, 0.1) is 6.10 Å². The van der Waals surface area contributed by atoms with Gasteiger partial charge in [-0.25, -0.2) is 0 Å². The zero-order chi connectivity index (χ0) is 16.1. The third-order valence-electron chi connectivity index (χ3n) is 4.38. The summed E-state index contributed by atoms with van der Waals surface area (Å²) in [6.45, 7) is 4.57. The summed E-state index contributed by atoms with van der Waals surface area (Å²) >= 11 is 0. The van der Waals surface area contributed by atoms with Crippen LogP contribution in [0.4, 0.5) is 0 Å². The molecule has 0 radical (unpaired) electrons. The number of rotatable bonds is 6. The number of fused-ring (bicyclic) bond motifs is 1. The first-order valence-corrected chi connectivity index (χ1v) is 8.19. The fraction of sp³-hybridized carbons (Fsp3) is 0.300. The molecule has 0 unspecified atom stereocenters. The van der Waals surface area contributed by atoms with E-state index in [1.165, 1.54) is 11.1 Å². The van der Waals surface area contributed by atoms with Crippen LogP contribution in [-0.4, -0.2) is 29.1 Å². The molecule has 0 bridgehead atoms. The molecule has 0 saturated heterocycles. The molecular formula is C20H24N2O. The second-order valence-corrected chi connectivity index (χ2v) is 6.12. The van der Waals surface area contributed by atoms with E-state index in [1.54, 1.807) is 0 Å². The summed E-state index contributed by atoms with van der Waals surface area (Å²) in [5, 5.41) is 13.6. The van der Waals surface area contributed by atoms with Gasteiger partial charge in [0.1, 0.15) is 0 Å². The standard InChI is InChI=1S/C20H24N2O/c1-16(13-21-14-20(23)18-8-3-2-4-9-18)22-12-11-17-7-5-6-10-19(17)15-22/h2-12,16,20-21,23H,13-15H2,1H3/t16-,20-/m1/s1. The van der Waals surface area contributed by atoms with Gasteiger partial charge in [-0.1, -0.05) is 54.6 Å². The van der Waals surface area contributed by atoms with Crippen LogP contribution in [0.1, 0.15) is 29.7 Å². The Kier molecular flexibility index (Phi) is 5.11. The van der Waals surface area contributed by atoms with Crippen LogP contribution < -0.4 is 5.32 Å². The highest BCUT2D eigenvalue weighted by Gasteiger charge is 2.15. The summed E-state index contributed by atoms with van der Waals surface area (Å²) in [7, 11) is 0. The van der Waals surface area contributed by atoms with Crippen LogP contribution >= 0.6 is 0 Å². The Morgan fingerprint density at radius 3 is 2.61 bits per heavy atom. The van der Waals surface area contributed by atoms with E-state index in [-0.39, 0.29) is 0 Å². The van der Waals surface area contributed by atoms with Crippen molar-refractivity contribution < 1.29 is 5.11 Å². The van der Waals surface area contributed by atoms with Crippen LogP contribution in [0.5, 0.6) is 0 Å². The molecule has 0 fully saturated rings. The maximum atomic E-state index is 10.2. The Hall–Kier alpha value is -2.10. The molecule has 23 heavy (non-hydrogen) atoms. The van der Waals surface area contributed by atoms with Gasteiger partial charge in [-0.3, -0.25) is 0 Å². The van der Waals surface area contributed by atoms with Gasteiger partial charge in [0.2, 0.25) is 0 Å². The average molecular weight is 308 g/mol. The van der Waals surface area contributed by atoms with Gasteiger partial charge in [0.25, 0.3) is 0 Å². The number of nitrogens with one attached hydrogen (secondary N) is 1. The fourth-order valence-electron chi connectivity index (χ4n) is 2.91. The first-order valence-electron chi connectivity index (χ1n) is 8.19. The van der Waals surface area contributed by atoms with E-state index in [2.05, 4.69) is 53.7 Å².